The molecule has 0 aliphatic heterocycles. The van der Waals surface area contributed by atoms with Crippen molar-refractivity contribution in [3.05, 3.63) is 54.0 Å². The first-order valence-corrected chi connectivity index (χ1v) is 10.3. The lowest BCUT2D eigenvalue weighted by Crippen LogP contribution is -2.42. The van der Waals surface area contributed by atoms with Crippen LogP contribution in [0, 0.1) is 11.7 Å². The quantitative estimate of drug-likeness (QED) is 0.733. The molecule has 2 aromatic rings. The summed E-state index contributed by atoms with van der Waals surface area (Å²) >= 11 is 0. The second-order valence-corrected chi connectivity index (χ2v) is 8.19. The van der Waals surface area contributed by atoms with E-state index in [0.29, 0.717) is 35.8 Å². The van der Waals surface area contributed by atoms with Gasteiger partial charge >= 0.3 is 0 Å². The summed E-state index contributed by atoms with van der Waals surface area (Å²) in [5.41, 5.74) is 1.78. The number of hydrogen-bond donors (Lipinski definition) is 2. The predicted molar refractivity (Wildman–Crippen MR) is 114 cm³/mol. The number of halogens is 1. The second kappa shape index (κ2) is 10.3. The first-order valence-electron chi connectivity index (χ1n) is 10.3. The Morgan fingerprint density at radius 1 is 1.20 bits per heavy atom. The molecule has 1 aromatic carbocycles. The van der Waals surface area contributed by atoms with Gasteiger partial charge in [0.15, 0.2) is 0 Å². The highest BCUT2D eigenvalue weighted by Crippen LogP contribution is 2.24. The molecule has 1 aromatic heterocycles. The molecule has 0 radical (unpaired) electrons. The maximum atomic E-state index is 13.4. The fourth-order valence-corrected chi connectivity index (χ4v) is 3.82. The Kier molecular flexibility index (Phi) is 7.52. The van der Waals surface area contributed by atoms with Gasteiger partial charge in [0, 0.05) is 24.3 Å². The number of carbonyl (C=O) groups excluding carboxylic acids is 2. The molecule has 1 aliphatic carbocycles. The first kappa shape index (κ1) is 21.9. The number of nitrogens with zero attached hydrogens (tertiary/aromatic N) is 2. The third-order valence-electron chi connectivity index (χ3n) is 5.31. The van der Waals surface area contributed by atoms with Crippen molar-refractivity contribution >= 4 is 11.8 Å². The van der Waals surface area contributed by atoms with Crippen LogP contribution in [0.5, 0.6) is 0 Å². The molecule has 6 nitrogen and oxygen atoms in total. The zero-order valence-corrected chi connectivity index (χ0v) is 17.5. The highest BCUT2D eigenvalue weighted by atomic mass is 19.1. The predicted octanol–water partition coefficient (Wildman–Crippen LogP) is 2.85. The number of nitrogens with one attached hydrogen (secondary N) is 2. The van der Waals surface area contributed by atoms with Gasteiger partial charge in [0.1, 0.15) is 5.82 Å². The highest BCUT2D eigenvalue weighted by molar-refractivity contribution is 5.94. The molecule has 0 unspecified atom stereocenters. The summed E-state index contributed by atoms with van der Waals surface area (Å²) in [5, 5.41) is 6.08. The van der Waals surface area contributed by atoms with E-state index in [1.807, 2.05) is 19.0 Å². The van der Waals surface area contributed by atoms with Crippen molar-refractivity contribution in [2.45, 2.75) is 31.7 Å². The lowest BCUT2D eigenvalue weighted by molar-refractivity contribution is -0.121. The van der Waals surface area contributed by atoms with Crippen molar-refractivity contribution in [3.8, 4) is 11.3 Å². The van der Waals surface area contributed by atoms with E-state index in [2.05, 4.69) is 15.6 Å². The number of carbonyl (C=O) groups is 2. The second-order valence-electron chi connectivity index (χ2n) is 8.19. The van der Waals surface area contributed by atoms with Crippen LogP contribution < -0.4 is 10.6 Å². The van der Waals surface area contributed by atoms with Crippen molar-refractivity contribution in [1.82, 2.24) is 20.5 Å². The average molecular weight is 413 g/mol. The van der Waals surface area contributed by atoms with E-state index in [1.54, 1.807) is 24.3 Å². The van der Waals surface area contributed by atoms with E-state index in [9.17, 15) is 14.0 Å². The van der Waals surface area contributed by atoms with Crippen LogP contribution in [0.15, 0.2) is 42.6 Å². The Bertz CT molecular complexity index is 870. The molecule has 1 saturated carbocycles. The van der Waals surface area contributed by atoms with Gasteiger partial charge in [0.05, 0.1) is 17.8 Å². The Labute approximate surface area is 176 Å². The maximum absolute atomic E-state index is 13.4. The first-order chi connectivity index (χ1) is 14.4. The molecular weight excluding hydrogens is 383 g/mol. The van der Waals surface area contributed by atoms with E-state index < -0.39 is 0 Å². The molecule has 0 saturated heterocycles. The SMILES string of the molecule is CN(C)CC(=O)NC[C@H]1CCC[C@@H](NC(=O)c2ccc(-c3cccc(F)c3)nc2)C1. The van der Waals surface area contributed by atoms with Gasteiger partial charge in [-0.15, -0.1) is 0 Å². The molecule has 2 atom stereocenters. The van der Waals surface area contributed by atoms with Gasteiger partial charge in [0.2, 0.25) is 5.91 Å². The minimum absolute atomic E-state index is 0.0237. The molecule has 3 rings (SSSR count). The minimum Gasteiger partial charge on any atom is -0.355 e. The van der Waals surface area contributed by atoms with E-state index in [4.69, 9.17) is 0 Å². The zero-order valence-electron chi connectivity index (χ0n) is 17.5. The van der Waals surface area contributed by atoms with E-state index in [-0.39, 0.29) is 23.7 Å². The summed E-state index contributed by atoms with van der Waals surface area (Å²) < 4.78 is 13.4. The lowest BCUT2D eigenvalue weighted by atomic mass is 9.85. The number of amides is 2. The monoisotopic (exact) mass is 412 g/mol. The van der Waals surface area contributed by atoms with E-state index in [1.165, 1.54) is 18.3 Å². The van der Waals surface area contributed by atoms with Gasteiger partial charge in [-0.1, -0.05) is 18.6 Å². The molecule has 30 heavy (non-hydrogen) atoms. The summed E-state index contributed by atoms with van der Waals surface area (Å²) in [6.07, 6.45) is 5.39. The minimum atomic E-state index is -0.319. The molecule has 160 valence electrons. The maximum Gasteiger partial charge on any atom is 0.253 e. The van der Waals surface area contributed by atoms with Gasteiger partial charge in [-0.2, -0.15) is 0 Å². The summed E-state index contributed by atoms with van der Waals surface area (Å²) in [7, 11) is 3.73. The number of rotatable bonds is 7. The molecule has 7 heteroatoms. The fraction of sp³-hybridized carbons (Fsp3) is 0.435. The zero-order chi connectivity index (χ0) is 21.5. The van der Waals surface area contributed by atoms with Crippen molar-refractivity contribution in [2.75, 3.05) is 27.2 Å². The molecule has 1 aliphatic rings. The number of benzene rings is 1. The van der Waals surface area contributed by atoms with Crippen molar-refractivity contribution in [2.24, 2.45) is 5.92 Å². The molecule has 2 amide bonds. The van der Waals surface area contributed by atoms with Crippen LogP contribution in [0.1, 0.15) is 36.0 Å². The van der Waals surface area contributed by atoms with Crippen LogP contribution in [0.2, 0.25) is 0 Å². The van der Waals surface area contributed by atoms with Crippen LogP contribution >= 0.6 is 0 Å². The standard InChI is InChI=1S/C23H29FN4O2/c1-28(2)15-22(29)26-13-16-5-3-8-20(11-16)27-23(30)18-9-10-21(25-14-18)17-6-4-7-19(24)12-17/h4,6-7,9-10,12,14,16,20H,3,5,8,11,13,15H2,1-2H3,(H,26,29)(H,27,30)/t16-,20+/m0/s1. The molecule has 1 heterocycles. The smallest absolute Gasteiger partial charge is 0.253 e. The molecule has 0 spiro atoms. The van der Waals surface area contributed by atoms with Crippen LogP contribution in [-0.2, 0) is 4.79 Å². The van der Waals surface area contributed by atoms with Gasteiger partial charge in [-0.25, -0.2) is 4.39 Å². The molecule has 2 N–H and O–H groups in total. The van der Waals surface area contributed by atoms with Crippen LogP contribution in [0.25, 0.3) is 11.3 Å². The van der Waals surface area contributed by atoms with Crippen molar-refractivity contribution < 1.29 is 14.0 Å². The van der Waals surface area contributed by atoms with E-state index >= 15 is 0 Å². The molecular formula is C23H29FN4O2. The summed E-state index contributed by atoms with van der Waals surface area (Å²) in [5.74, 6) is -0.0873. The van der Waals surface area contributed by atoms with Gasteiger partial charge < -0.3 is 15.5 Å². The van der Waals surface area contributed by atoms with Gasteiger partial charge in [-0.3, -0.25) is 14.6 Å². The lowest BCUT2D eigenvalue weighted by Gasteiger charge is -2.30. The molecule has 0 bridgehead atoms. The van der Waals surface area contributed by atoms with E-state index in [0.717, 1.165) is 25.7 Å². The average Bonchev–Trinajstić information content (AvgIpc) is 2.72. The van der Waals surface area contributed by atoms with Crippen molar-refractivity contribution in [1.29, 1.82) is 0 Å². The number of hydrogen-bond acceptors (Lipinski definition) is 4. The van der Waals surface area contributed by atoms with Crippen LogP contribution in [0.4, 0.5) is 4.39 Å². The third kappa shape index (κ3) is 6.35. The Hall–Kier alpha value is -2.80. The summed E-state index contributed by atoms with van der Waals surface area (Å²) in [4.78, 5) is 30.6. The number of aromatic nitrogens is 1. The van der Waals surface area contributed by atoms with Crippen LogP contribution in [0.3, 0.4) is 0 Å². The fourth-order valence-electron chi connectivity index (χ4n) is 3.82. The Balaban J connectivity index is 1.52. The van der Waals surface area contributed by atoms with Crippen molar-refractivity contribution in [3.63, 3.8) is 0 Å². The highest BCUT2D eigenvalue weighted by Gasteiger charge is 2.24. The normalized spacial score (nSPS) is 18.8. The van der Waals surface area contributed by atoms with Gasteiger partial charge in [0.25, 0.3) is 5.91 Å². The van der Waals surface area contributed by atoms with Gasteiger partial charge in [-0.05, 0) is 63.5 Å². The Morgan fingerprint density at radius 2 is 2.03 bits per heavy atom. The number of pyridine rings is 1. The topological polar surface area (TPSA) is 74.3 Å². The largest absolute Gasteiger partial charge is 0.355 e. The number of likely N-dealkylation sites (N-methyl/N-ethyl adjacent to an activating group) is 1. The third-order valence-corrected chi connectivity index (χ3v) is 5.31. The summed E-state index contributed by atoms with van der Waals surface area (Å²) in [6.45, 7) is 1.02. The van der Waals surface area contributed by atoms with Crippen LogP contribution in [-0.4, -0.2) is 54.9 Å². The summed E-state index contributed by atoms with van der Waals surface area (Å²) in [6, 6.07) is 9.75. The Morgan fingerprint density at radius 3 is 2.73 bits per heavy atom. The molecule has 1 fully saturated rings.